The fourth-order valence-corrected chi connectivity index (χ4v) is 1.47. The number of halogens is 2. The van der Waals surface area contributed by atoms with Crippen LogP contribution in [0.25, 0.3) is 0 Å². The van der Waals surface area contributed by atoms with Gasteiger partial charge in [-0.1, -0.05) is 23.7 Å². The molecule has 5 heteroatoms. The topological polar surface area (TPSA) is 27.1 Å². The molecule has 1 aromatic carbocycles. The summed E-state index contributed by atoms with van der Waals surface area (Å²) in [4.78, 5) is 0. The third-order valence-corrected chi connectivity index (χ3v) is 2.53. The molecule has 0 amide bonds. The highest BCUT2D eigenvalue weighted by Crippen LogP contribution is 2.21. The molecule has 2 rings (SSSR count). The summed E-state index contributed by atoms with van der Waals surface area (Å²) >= 11 is 5.79. The van der Waals surface area contributed by atoms with Gasteiger partial charge < -0.3 is 4.74 Å². The van der Waals surface area contributed by atoms with Gasteiger partial charge in [0.25, 0.3) is 0 Å². The second kappa shape index (κ2) is 4.53. The molecule has 0 bridgehead atoms. The van der Waals surface area contributed by atoms with E-state index in [9.17, 15) is 4.39 Å². The van der Waals surface area contributed by atoms with Crippen LogP contribution in [0.15, 0.2) is 30.6 Å². The molecule has 0 spiro atoms. The van der Waals surface area contributed by atoms with E-state index in [0.717, 1.165) is 0 Å². The zero-order valence-electron chi connectivity index (χ0n) is 8.65. The number of hydrogen-bond acceptors (Lipinski definition) is 2. The molecule has 1 heterocycles. The molecule has 84 valence electrons. The number of hydrogen-bond donors (Lipinski definition) is 0. The molecule has 0 fully saturated rings. The minimum Gasteiger partial charge on any atom is -0.486 e. The molecule has 0 saturated carbocycles. The van der Waals surface area contributed by atoms with Crippen LogP contribution < -0.4 is 4.74 Å². The van der Waals surface area contributed by atoms with Crippen LogP contribution in [0.1, 0.15) is 5.56 Å². The van der Waals surface area contributed by atoms with Crippen LogP contribution >= 0.6 is 11.6 Å². The first-order valence-electron chi connectivity index (χ1n) is 4.71. The van der Waals surface area contributed by atoms with Crippen LogP contribution in [0.5, 0.6) is 5.75 Å². The van der Waals surface area contributed by atoms with Gasteiger partial charge in [-0.3, -0.25) is 4.68 Å². The van der Waals surface area contributed by atoms with Crippen molar-refractivity contribution in [2.24, 2.45) is 7.05 Å². The van der Waals surface area contributed by atoms with Crippen LogP contribution in [-0.4, -0.2) is 9.78 Å². The molecule has 1 aromatic heterocycles. The van der Waals surface area contributed by atoms with Gasteiger partial charge in [-0.15, -0.1) is 0 Å². The Morgan fingerprint density at radius 1 is 1.50 bits per heavy atom. The summed E-state index contributed by atoms with van der Waals surface area (Å²) in [6, 6.07) is 4.64. The normalized spacial score (nSPS) is 10.4. The second-order valence-electron chi connectivity index (χ2n) is 3.35. The maximum atomic E-state index is 13.1. The first kappa shape index (κ1) is 11.0. The van der Waals surface area contributed by atoms with Gasteiger partial charge in [-0.05, 0) is 6.07 Å². The minimum absolute atomic E-state index is 0.103. The third kappa shape index (κ3) is 2.33. The first-order chi connectivity index (χ1) is 7.66. The zero-order valence-corrected chi connectivity index (χ0v) is 9.41. The Balaban J connectivity index is 2.07. The van der Waals surface area contributed by atoms with Crippen LogP contribution in [-0.2, 0) is 13.7 Å². The molecule has 0 aliphatic rings. The van der Waals surface area contributed by atoms with Crippen molar-refractivity contribution in [1.29, 1.82) is 0 Å². The summed E-state index contributed by atoms with van der Waals surface area (Å²) in [7, 11) is 1.79. The van der Waals surface area contributed by atoms with Crippen molar-refractivity contribution in [3.8, 4) is 5.75 Å². The highest BCUT2D eigenvalue weighted by atomic mass is 35.5. The average Bonchev–Trinajstić information content (AvgIpc) is 2.67. The highest BCUT2D eigenvalue weighted by molar-refractivity contribution is 6.31. The van der Waals surface area contributed by atoms with E-state index in [0.29, 0.717) is 11.3 Å². The SMILES string of the molecule is Cn1cc(OCc2cccc(F)c2Cl)cn1. The summed E-state index contributed by atoms with van der Waals surface area (Å²) < 4.78 is 20.1. The fraction of sp³-hybridized carbons (Fsp3) is 0.182. The number of benzene rings is 1. The van der Waals surface area contributed by atoms with Crippen molar-refractivity contribution in [3.63, 3.8) is 0 Å². The summed E-state index contributed by atoms with van der Waals surface area (Å²) in [6.07, 6.45) is 3.32. The van der Waals surface area contributed by atoms with Gasteiger partial charge in [0.2, 0.25) is 0 Å². The van der Waals surface area contributed by atoms with Gasteiger partial charge in [-0.2, -0.15) is 5.10 Å². The van der Waals surface area contributed by atoms with Crippen molar-refractivity contribution in [2.45, 2.75) is 6.61 Å². The maximum Gasteiger partial charge on any atom is 0.157 e. The lowest BCUT2D eigenvalue weighted by molar-refractivity contribution is 0.305. The maximum absolute atomic E-state index is 13.1. The Morgan fingerprint density at radius 2 is 2.31 bits per heavy atom. The molecular formula is C11H10ClFN2O. The fourth-order valence-electron chi connectivity index (χ4n) is 1.29. The summed E-state index contributed by atoms with van der Waals surface area (Å²) in [5, 5.41) is 4.06. The number of ether oxygens (including phenoxy) is 1. The second-order valence-corrected chi connectivity index (χ2v) is 3.73. The van der Waals surface area contributed by atoms with Crippen LogP contribution in [0.3, 0.4) is 0 Å². The van der Waals surface area contributed by atoms with E-state index in [1.54, 1.807) is 36.3 Å². The monoisotopic (exact) mass is 240 g/mol. The van der Waals surface area contributed by atoms with Gasteiger partial charge in [0.15, 0.2) is 5.75 Å². The highest BCUT2D eigenvalue weighted by Gasteiger charge is 2.06. The molecule has 3 nitrogen and oxygen atoms in total. The van der Waals surface area contributed by atoms with Gasteiger partial charge in [-0.25, -0.2) is 4.39 Å². The smallest absolute Gasteiger partial charge is 0.157 e. The summed E-state index contributed by atoms with van der Waals surface area (Å²) in [5.41, 5.74) is 0.616. The third-order valence-electron chi connectivity index (χ3n) is 2.11. The van der Waals surface area contributed by atoms with Gasteiger partial charge in [0, 0.05) is 12.6 Å². The number of aromatic nitrogens is 2. The van der Waals surface area contributed by atoms with Crippen molar-refractivity contribution in [2.75, 3.05) is 0 Å². The lowest BCUT2D eigenvalue weighted by Gasteiger charge is -2.05. The summed E-state index contributed by atoms with van der Waals surface area (Å²) in [5.74, 6) is 0.191. The molecule has 0 radical (unpaired) electrons. The molecule has 2 aromatic rings. The molecule has 0 saturated heterocycles. The van der Waals surface area contributed by atoms with E-state index < -0.39 is 5.82 Å². The molecule has 0 unspecified atom stereocenters. The predicted molar refractivity (Wildman–Crippen MR) is 59.0 cm³/mol. The van der Waals surface area contributed by atoms with Gasteiger partial charge in [0.1, 0.15) is 12.4 Å². The van der Waals surface area contributed by atoms with E-state index in [2.05, 4.69) is 5.10 Å². The number of rotatable bonds is 3. The Bertz CT molecular complexity index is 498. The van der Waals surface area contributed by atoms with E-state index in [4.69, 9.17) is 16.3 Å². The molecular weight excluding hydrogens is 231 g/mol. The van der Waals surface area contributed by atoms with Gasteiger partial charge >= 0.3 is 0 Å². The van der Waals surface area contributed by atoms with Crippen molar-refractivity contribution in [1.82, 2.24) is 9.78 Å². The van der Waals surface area contributed by atoms with Gasteiger partial charge in [0.05, 0.1) is 17.4 Å². The lowest BCUT2D eigenvalue weighted by Crippen LogP contribution is -1.96. The van der Waals surface area contributed by atoms with Crippen LogP contribution in [0.2, 0.25) is 5.02 Å². The molecule has 0 N–H and O–H groups in total. The Morgan fingerprint density at radius 3 is 3.00 bits per heavy atom. The van der Waals surface area contributed by atoms with E-state index in [1.807, 2.05) is 0 Å². The average molecular weight is 241 g/mol. The Kier molecular flexibility index (Phi) is 3.10. The lowest BCUT2D eigenvalue weighted by atomic mass is 10.2. The number of nitrogens with zero attached hydrogens (tertiary/aromatic N) is 2. The Labute approximate surface area is 97.4 Å². The first-order valence-corrected chi connectivity index (χ1v) is 5.09. The standard InChI is InChI=1S/C11H10ClFN2O/c1-15-6-9(5-14-15)16-7-8-3-2-4-10(13)11(8)12/h2-6H,7H2,1H3. The Hall–Kier alpha value is -1.55. The molecule has 0 aliphatic carbocycles. The molecule has 0 atom stereocenters. The summed E-state index contributed by atoms with van der Waals surface area (Å²) in [6.45, 7) is 0.224. The predicted octanol–water partition coefficient (Wildman–Crippen LogP) is 2.79. The van der Waals surface area contributed by atoms with Crippen molar-refractivity contribution >= 4 is 11.6 Å². The van der Waals surface area contributed by atoms with E-state index >= 15 is 0 Å². The van der Waals surface area contributed by atoms with Crippen LogP contribution in [0.4, 0.5) is 4.39 Å². The quantitative estimate of drug-likeness (QED) is 0.825. The van der Waals surface area contributed by atoms with E-state index in [-0.39, 0.29) is 11.6 Å². The number of aryl methyl sites for hydroxylation is 1. The zero-order chi connectivity index (χ0) is 11.5. The largest absolute Gasteiger partial charge is 0.486 e. The van der Waals surface area contributed by atoms with Crippen LogP contribution in [0, 0.1) is 5.82 Å². The molecule has 0 aliphatic heterocycles. The minimum atomic E-state index is -0.436. The van der Waals surface area contributed by atoms with Crippen molar-refractivity contribution in [3.05, 3.63) is 47.0 Å². The van der Waals surface area contributed by atoms with Crippen molar-refractivity contribution < 1.29 is 9.13 Å². The van der Waals surface area contributed by atoms with E-state index in [1.165, 1.54) is 6.07 Å². The molecule has 16 heavy (non-hydrogen) atoms.